The van der Waals surface area contributed by atoms with Gasteiger partial charge in [-0.15, -0.1) is 0 Å². The van der Waals surface area contributed by atoms with E-state index in [2.05, 4.69) is 41.2 Å². The maximum atomic E-state index is 13.1. The van der Waals surface area contributed by atoms with Crippen LogP contribution in [-0.4, -0.2) is 44.2 Å². The lowest BCUT2D eigenvalue weighted by Crippen LogP contribution is -2.46. The van der Waals surface area contributed by atoms with E-state index in [4.69, 9.17) is 4.42 Å². The summed E-state index contributed by atoms with van der Waals surface area (Å²) >= 11 is 0. The molecule has 0 aliphatic carbocycles. The van der Waals surface area contributed by atoms with Crippen molar-refractivity contribution < 1.29 is 14.3 Å². The molecule has 188 valence electrons. The minimum absolute atomic E-state index is 0.0534. The van der Waals surface area contributed by atoms with Crippen molar-refractivity contribution in [3.8, 4) is 11.4 Å². The average molecular weight is 495 g/mol. The number of carbonyl (C=O) groups excluding carboxylic acids is 1. The number of nitrogens with one attached hydrogen (secondary N) is 1. The average Bonchev–Trinajstić information content (AvgIpc) is 3.55. The van der Waals surface area contributed by atoms with E-state index in [1.807, 2.05) is 59.5 Å². The molecule has 0 spiro atoms. The van der Waals surface area contributed by atoms with Gasteiger partial charge in [-0.05, 0) is 35.2 Å². The number of H-pyrrole nitrogens is 1. The number of aliphatic hydroxyl groups is 1. The van der Waals surface area contributed by atoms with Gasteiger partial charge in [0.05, 0.1) is 6.42 Å². The fourth-order valence-electron chi connectivity index (χ4n) is 5.15. The summed E-state index contributed by atoms with van der Waals surface area (Å²) in [5, 5.41) is 20.7. The molecular formula is C30H30N4O3. The first-order valence-corrected chi connectivity index (χ1v) is 12.8. The molecule has 0 atom stereocenters. The zero-order valence-corrected chi connectivity index (χ0v) is 21.1. The molecule has 1 fully saturated rings. The second-order valence-electron chi connectivity index (χ2n) is 10.3. The number of nitrogens with zero attached hydrogens (tertiary/aromatic N) is 3. The van der Waals surface area contributed by atoms with E-state index in [9.17, 15) is 9.90 Å². The number of aromatic nitrogens is 3. The molecule has 1 aliphatic heterocycles. The molecular weight excluding hydrogens is 464 g/mol. The third-order valence-corrected chi connectivity index (χ3v) is 7.50. The van der Waals surface area contributed by atoms with Crippen molar-refractivity contribution in [2.75, 3.05) is 13.1 Å². The molecule has 1 saturated heterocycles. The lowest BCUT2D eigenvalue weighted by Gasteiger charge is -2.36. The molecule has 5 aromatic rings. The lowest BCUT2D eigenvalue weighted by atomic mass is 9.90. The van der Waals surface area contributed by atoms with Gasteiger partial charge < -0.3 is 14.4 Å². The molecule has 3 heterocycles. The SMILES string of the molecule is CC(C)c1ccc(-c2n[nH]c(C3(O)CCN(C(=O)Cc4ccc5oc6ccccc6c5c4)CC3)n2)cc1. The largest absolute Gasteiger partial charge is 0.456 e. The third-order valence-electron chi connectivity index (χ3n) is 7.50. The van der Waals surface area contributed by atoms with Crippen molar-refractivity contribution in [2.24, 2.45) is 0 Å². The molecule has 7 nitrogen and oxygen atoms in total. The highest BCUT2D eigenvalue weighted by Gasteiger charge is 2.38. The smallest absolute Gasteiger partial charge is 0.226 e. The Hall–Kier alpha value is -3.97. The van der Waals surface area contributed by atoms with E-state index in [1.165, 1.54) is 5.56 Å². The first-order valence-electron chi connectivity index (χ1n) is 12.8. The molecule has 3 aromatic carbocycles. The Morgan fingerprint density at radius 3 is 2.51 bits per heavy atom. The summed E-state index contributed by atoms with van der Waals surface area (Å²) < 4.78 is 5.90. The number of amides is 1. The van der Waals surface area contributed by atoms with Gasteiger partial charge in [-0.1, -0.05) is 62.4 Å². The number of likely N-dealkylation sites (tertiary alicyclic amines) is 1. The standard InChI is InChI=1S/C30H30N4O3/c1-19(2)21-8-10-22(11-9-21)28-31-29(33-32-28)30(36)13-15-34(16-14-30)27(35)18-20-7-12-26-24(17-20)23-5-3-4-6-25(23)37-26/h3-12,17,19,36H,13-16,18H2,1-2H3,(H,31,32,33). The number of para-hydroxylation sites is 1. The van der Waals surface area contributed by atoms with Crippen molar-refractivity contribution >= 4 is 27.8 Å². The molecule has 2 aromatic heterocycles. The Kier molecular flexibility index (Phi) is 5.80. The van der Waals surface area contributed by atoms with Crippen LogP contribution in [0.15, 0.2) is 71.1 Å². The predicted molar refractivity (Wildman–Crippen MR) is 143 cm³/mol. The van der Waals surface area contributed by atoms with Crippen LogP contribution in [0.5, 0.6) is 0 Å². The fourth-order valence-corrected chi connectivity index (χ4v) is 5.15. The number of aromatic amines is 1. The molecule has 0 bridgehead atoms. The Balaban J connectivity index is 1.12. The summed E-state index contributed by atoms with van der Waals surface area (Å²) in [7, 11) is 0. The van der Waals surface area contributed by atoms with Crippen molar-refractivity contribution in [3.63, 3.8) is 0 Å². The van der Waals surface area contributed by atoms with E-state index in [0.29, 0.717) is 49.9 Å². The Morgan fingerprint density at radius 2 is 1.76 bits per heavy atom. The monoisotopic (exact) mass is 494 g/mol. The minimum Gasteiger partial charge on any atom is -0.456 e. The van der Waals surface area contributed by atoms with Gasteiger partial charge in [-0.2, -0.15) is 5.10 Å². The Labute approximate surface area is 215 Å². The van der Waals surface area contributed by atoms with E-state index in [1.54, 1.807) is 0 Å². The second-order valence-corrected chi connectivity index (χ2v) is 10.3. The first-order chi connectivity index (χ1) is 17.9. The van der Waals surface area contributed by atoms with E-state index >= 15 is 0 Å². The number of carbonyl (C=O) groups is 1. The maximum absolute atomic E-state index is 13.1. The molecule has 7 heteroatoms. The van der Waals surface area contributed by atoms with Gasteiger partial charge in [0, 0.05) is 42.3 Å². The van der Waals surface area contributed by atoms with E-state index in [0.717, 1.165) is 33.1 Å². The summed E-state index contributed by atoms with van der Waals surface area (Å²) in [5.74, 6) is 1.54. The first kappa shape index (κ1) is 23.4. The highest BCUT2D eigenvalue weighted by atomic mass is 16.3. The van der Waals surface area contributed by atoms with Crippen LogP contribution in [0.4, 0.5) is 0 Å². The summed E-state index contributed by atoms with van der Waals surface area (Å²) in [6, 6.07) is 22.1. The van der Waals surface area contributed by atoms with Crippen molar-refractivity contribution in [1.82, 2.24) is 20.1 Å². The Morgan fingerprint density at radius 1 is 1.03 bits per heavy atom. The molecule has 1 amide bonds. The lowest BCUT2D eigenvalue weighted by molar-refractivity contribution is -0.135. The zero-order chi connectivity index (χ0) is 25.6. The van der Waals surface area contributed by atoms with E-state index < -0.39 is 5.60 Å². The minimum atomic E-state index is -1.13. The quantitative estimate of drug-likeness (QED) is 0.334. The highest BCUT2D eigenvalue weighted by molar-refractivity contribution is 6.05. The fraction of sp³-hybridized carbons (Fsp3) is 0.300. The van der Waals surface area contributed by atoms with Crippen LogP contribution < -0.4 is 0 Å². The van der Waals surface area contributed by atoms with Crippen LogP contribution in [0.1, 0.15) is 49.6 Å². The van der Waals surface area contributed by atoms with Crippen molar-refractivity contribution in [1.29, 1.82) is 0 Å². The van der Waals surface area contributed by atoms with Crippen LogP contribution >= 0.6 is 0 Å². The molecule has 2 N–H and O–H groups in total. The molecule has 37 heavy (non-hydrogen) atoms. The number of benzene rings is 3. The number of fused-ring (bicyclic) bond motifs is 3. The van der Waals surface area contributed by atoms with Crippen molar-refractivity contribution in [3.05, 3.63) is 83.7 Å². The summed E-state index contributed by atoms with van der Waals surface area (Å²) in [5.41, 5.74) is 3.66. The van der Waals surface area contributed by atoms with Crippen LogP contribution in [0, 0.1) is 0 Å². The number of piperidine rings is 1. The summed E-state index contributed by atoms with van der Waals surface area (Å²) in [6.07, 6.45) is 1.13. The van der Waals surface area contributed by atoms with Crippen molar-refractivity contribution in [2.45, 2.75) is 44.6 Å². The predicted octanol–water partition coefficient (Wildman–Crippen LogP) is 5.55. The number of hydrogen-bond acceptors (Lipinski definition) is 5. The van der Waals surface area contributed by atoms with Gasteiger partial charge in [-0.25, -0.2) is 4.98 Å². The molecule has 0 unspecified atom stereocenters. The second kappa shape index (κ2) is 9.16. The van der Waals surface area contributed by atoms with Gasteiger partial charge in [-0.3, -0.25) is 9.89 Å². The summed E-state index contributed by atoms with van der Waals surface area (Å²) in [6.45, 7) is 5.25. The van der Waals surface area contributed by atoms with Crippen LogP contribution in [0.2, 0.25) is 0 Å². The number of hydrogen-bond donors (Lipinski definition) is 2. The van der Waals surface area contributed by atoms with Crippen LogP contribution in [0.25, 0.3) is 33.3 Å². The summed E-state index contributed by atoms with van der Waals surface area (Å²) in [4.78, 5) is 19.5. The van der Waals surface area contributed by atoms with Gasteiger partial charge in [0.2, 0.25) is 5.91 Å². The zero-order valence-electron chi connectivity index (χ0n) is 21.1. The molecule has 6 rings (SSSR count). The Bertz CT molecular complexity index is 1570. The van der Waals surface area contributed by atoms with E-state index in [-0.39, 0.29) is 5.91 Å². The topological polar surface area (TPSA) is 95.2 Å². The maximum Gasteiger partial charge on any atom is 0.226 e. The number of rotatable bonds is 5. The third kappa shape index (κ3) is 4.40. The highest BCUT2D eigenvalue weighted by Crippen LogP contribution is 2.33. The van der Waals surface area contributed by atoms with Crippen LogP contribution in [0.3, 0.4) is 0 Å². The van der Waals surface area contributed by atoms with Crippen LogP contribution in [-0.2, 0) is 16.8 Å². The normalized spacial score (nSPS) is 15.6. The van der Waals surface area contributed by atoms with Gasteiger partial charge in [0.15, 0.2) is 11.6 Å². The van der Waals surface area contributed by atoms with Gasteiger partial charge in [0.25, 0.3) is 0 Å². The van der Waals surface area contributed by atoms with Gasteiger partial charge in [0.1, 0.15) is 16.8 Å². The molecule has 0 radical (unpaired) electrons. The molecule has 0 saturated carbocycles. The molecule has 1 aliphatic rings. The van der Waals surface area contributed by atoms with Gasteiger partial charge >= 0.3 is 0 Å². The number of furan rings is 1.